The van der Waals surface area contributed by atoms with E-state index in [1.807, 2.05) is 0 Å². The highest BCUT2D eigenvalue weighted by molar-refractivity contribution is 6.50. The van der Waals surface area contributed by atoms with Gasteiger partial charge in [-0.3, -0.25) is 9.79 Å². The Kier molecular flexibility index (Phi) is 5.63. The van der Waals surface area contributed by atoms with Crippen LogP contribution >= 0.6 is 0 Å². The van der Waals surface area contributed by atoms with Crippen LogP contribution in [0.25, 0.3) is 0 Å². The van der Waals surface area contributed by atoms with E-state index in [0.717, 1.165) is 32.2 Å². The van der Waals surface area contributed by atoms with Crippen molar-refractivity contribution in [3.63, 3.8) is 0 Å². The third-order valence-corrected chi connectivity index (χ3v) is 2.82. The third kappa shape index (κ3) is 3.12. The molecule has 0 aromatic carbocycles. The first-order valence-electron chi connectivity index (χ1n) is 6.22. The van der Waals surface area contributed by atoms with E-state index in [1.165, 1.54) is 0 Å². The fourth-order valence-corrected chi connectivity index (χ4v) is 1.68. The van der Waals surface area contributed by atoms with E-state index in [9.17, 15) is 9.90 Å². The van der Waals surface area contributed by atoms with E-state index in [0.29, 0.717) is 12.3 Å². The quantitative estimate of drug-likeness (QED) is 0.635. The fourth-order valence-electron chi connectivity index (χ4n) is 1.68. The summed E-state index contributed by atoms with van der Waals surface area (Å²) in [4.78, 5) is 15.7. The number of aliphatic imine (C=N–C) groups is 1. The lowest BCUT2D eigenvalue weighted by Gasteiger charge is -2.33. The van der Waals surface area contributed by atoms with Gasteiger partial charge < -0.3 is 10.4 Å². The lowest BCUT2D eigenvalue weighted by Crippen LogP contribution is -2.64. The lowest BCUT2D eigenvalue weighted by molar-refractivity contribution is -0.120. The number of ketones is 1. The van der Waals surface area contributed by atoms with Crippen LogP contribution in [0.1, 0.15) is 39.5 Å². The molecule has 0 aromatic heterocycles. The first-order chi connectivity index (χ1) is 7.72. The molecule has 0 saturated heterocycles. The van der Waals surface area contributed by atoms with Gasteiger partial charge >= 0.3 is 0 Å². The normalized spacial score (nSPS) is 27.2. The van der Waals surface area contributed by atoms with Gasteiger partial charge in [-0.2, -0.15) is 0 Å². The van der Waals surface area contributed by atoms with Gasteiger partial charge in [-0.25, -0.2) is 0 Å². The molecule has 0 bridgehead atoms. The Morgan fingerprint density at radius 1 is 1.31 bits per heavy atom. The first-order valence-corrected chi connectivity index (χ1v) is 6.22. The maximum atomic E-state index is 11.6. The zero-order valence-electron chi connectivity index (χ0n) is 10.2. The minimum atomic E-state index is -0.693. The van der Waals surface area contributed by atoms with Crippen LogP contribution in [0.15, 0.2) is 4.99 Å². The van der Waals surface area contributed by atoms with E-state index >= 15 is 0 Å². The molecular formula is C12H22N2O2. The molecule has 16 heavy (non-hydrogen) atoms. The lowest BCUT2D eigenvalue weighted by atomic mass is 9.84. The summed E-state index contributed by atoms with van der Waals surface area (Å²) in [6.45, 7) is 5.61. The number of carbonyl (C=O) groups is 1. The molecule has 2 atom stereocenters. The standard InChI is InChI=1S/C12H22N2O2/c1-3-5-7-13-9-11(15)10(12(9)16)14-8-6-4-2/h9,11,13,15H,3-8H2,1-2H3. The number of hydrogen-bond donors (Lipinski definition) is 2. The average molecular weight is 226 g/mol. The molecule has 0 aliphatic heterocycles. The van der Waals surface area contributed by atoms with Gasteiger partial charge in [0.15, 0.2) is 5.78 Å². The summed E-state index contributed by atoms with van der Waals surface area (Å²) in [6, 6.07) is -0.410. The van der Waals surface area contributed by atoms with Gasteiger partial charge in [0.1, 0.15) is 17.9 Å². The van der Waals surface area contributed by atoms with Crippen LogP contribution in [0.3, 0.4) is 0 Å². The highest BCUT2D eigenvalue weighted by atomic mass is 16.3. The van der Waals surface area contributed by atoms with Crippen LogP contribution in [-0.4, -0.2) is 41.8 Å². The number of hydrogen-bond acceptors (Lipinski definition) is 4. The topological polar surface area (TPSA) is 61.7 Å². The second-order valence-corrected chi connectivity index (χ2v) is 4.21. The Morgan fingerprint density at radius 3 is 2.56 bits per heavy atom. The predicted molar refractivity (Wildman–Crippen MR) is 64.9 cm³/mol. The van der Waals surface area contributed by atoms with Crippen molar-refractivity contribution in [1.82, 2.24) is 5.32 Å². The van der Waals surface area contributed by atoms with Crippen molar-refractivity contribution >= 4 is 11.5 Å². The summed E-state index contributed by atoms with van der Waals surface area (Å²) in [5.74, 6) is -0.0280. The molecule has 1 aliphatic carbocycles. The second kappa shape index (κ2) is 6.76. The number of carbonyl (C=O) groups excluding carboxylic acids is 1. The van der Waals surface area contributed by atoms with E-state index < -0.39 is 12.1 Å². The second-order valence-electron chi connectivity index (χ2n) is 4.21. The summed E-state index contributed by atoms with van der Waals surface area (Å²) in [5.41, 5.74) is 0.363. The zero-order chi connectivity index (χ0) is 12.0. The molecule has 4 nitrogen and oxygen atoms in total. The molecule has 1 aliphatic rings. The van der Waals surface area contributed by atoms with E-state index in [1.54, 1.807) is 0 Å². The number of unbranched alkanes of at least 4 members (excludes halogenated alkanes) is 2. The Morgan fingerprint density at radius 2 is 2.00 bits per heavy atom. The van der Waals surface area contributed by atoms with Crippen LogP contribution in [0.4, 0.5) is 0 Å². The molecule has 0 radical (unpaired) electrons. The smallest absolute Gasteiger partial charge is 0.199 e. The number of aliphatic hydroxyl groups excluding tert-OH is 1. The fraction of sp³-hybridized carbons (Fsp3) is 0.833. The van der Waals surface area contributed by atoms with Gasteiger partial charge in [0, 0.05) is 6.54 Å². The van der Waals surface area contributed by atoms with E-state index in [2.05, 4.69) is 24.2 Å². The van der Waals surface area contributed by atoms with Gasteiger partial charge in [-0.1, -0.05) is 26.7 Å². The van der Waals surface area contributed by atoms with Crippen molar-refractivity contribution < 1.29 is 9.90 Å². The number of nitrogens with zero attached hydrogens (tertiary/aromatic N) is 1. The van der Waals surface area contributed by atoms with Crippen molar-refractivity contribution in [2.75, 3.05) is 13.1 Å². The Hall–Kier alpha value is -0.740. The molecule has 2 N–H and O–H groups in total. The van der Waals surface area contributed by atoms with Gasteiger partial charge in [0.2, 0.25) is 0 Å². The summed E-state index contributed by atoms with van der Waals surface area (Å²) >= 11 is 0. The van der Waals surface area contributed by atoms with Crippen molar-refractivity contribution in [3.8, 4) is 0 Å². The summed E-state index contributed by atoms with van der Waals surface area (Å²) < 4.78 is 0. The predicted octanol–water partition coefficient (Wildman–Crippen LogP) is 0.929. The zero-order valence-corrected chi connectivity index (χ0v) is 10.2. The maximum Gasteiger partial charge on any atom is 0.199 e. The van der Waals surface area contributed by atoms with Crippen molar-refractivity contribution in [2.45, 2.75) is 51.7 Å². The molecule has 1 rings (SSSR count). The van der Waals surface area contributed by atoms with Crippen LogP contribution in [0.5, 0.6) is 0 Å². The van der Waals surface area contributed by atoms with Gasteiger partial charge in [0.25, 0.3) is 0 Å². The maximum absolute atomic E-state index is 11.6. The summed E-state index contributed by atoms with van der Waals surface area (Å²) in [7, 11) is 0. The molecule has 4 heteroatoms. The molecule has 1 fully saturated rings. The van der Waals surface area contributed by atoms with Crippen molar-refractivity contribution in [1.29, 1.82) is 0 Å². The van der Waals surface area contributed by atoms with Crippen LogP contribution in [0.2, 0.25) is 0 Å². The number of nitrogens with one attached hydrogen (secondary N) is 1. The molecule has 0 aromatic rings. The molecule has 0 spiro atoms. The summed E-state index contributed by atoms with van der Waals surface area (Å²) in [5, 5.41) is 12.8. The number of rotatable bonds is 7. The number of aliphatic hydroxyl groups is 1. The molecule has 1 saturated carbocycles. The minimum Gasteiger partial charge on any atom is -0.385 e. The first kappa shape index (κ1) is 13.3. The Labute approximate surface area is 97.1 Å². The van der Waals surface area contributed by atoms with Crippen LogP contribution < -0.4 is 5.32 Å². The summed E-state index contributed by atoms with van der Waals surface area (Å²) in [6.07, 6.45) is 3.44. The monoisotopic (exact) mass is 226 g/mol. The molecule has 92 valence electrons. The van der Waals surface area contributed by atoms with Gasteiger partial charge in [-0.15, -0.1) is 0 Å². The Balaban J connectivity index is 2.33. The average Bonchev–Trinajstić information content (AvgIpc) is 2.30. The molecule has 0 amide bonds. The van der Waals surface area contributed by atoms with Crippen LogP contribution in [-0.2, 0) is 4.79 Å². The Bertz CT molecular complexity index is 264. The minimum absolute atomic E-state index is 0.0280. The van der Waals surface area contributed by atoms with E-state index in [4.69, 9.17) is 0 Å². The van der Waals surface area contributed by atoms with Crippen molar-refractivity contribution in [3.05, 3.63) is 0 Å². The SMILES string of the molecule is CCCCN=C1C(=O)C(NCCCC)C1O. The van der Waals surface area contributed by atoms with E-state index in [-0.39, 0.29) is 5.78 Å². The number of Topliss-reactive ketones (excluding diaryl/α,β-unsaturated/α-hetero) is 1. The third-order valence-electron chi connectivity index (χ3n) is 2.82. The van der Waals surface area contributed by atoms with Gasteiger partial charge in [-0.05, 0) is 19.4 Å². The van der Waals surface area contributed by atoms with Gasteiger partial charge in [0.05, 0.1) is 0 Å². The molecule has 2 unspecified atom stereocenters. The highest BCUT2D eigenvalue weighted by Gasteiger charge is 2.45. The van der Waals surface area contributed by atoms with Crippen molar-refractivity contribution in [2.24, 2.45) is 4.99 Å². The highest BCUT2D eigenvalue weighted by Crippen LogP contribution is 2.14. The largest absolute Gasteiger partial charge is 0.385 e. The van der Waals surface area contributed by atoms with Crippen LogP contribution in [0, 0.1) is 0 Å². The molecule has 0 heterocycles. The molecular weight excluding hydrogens is 204 g/mol.